The number of rotatable bonds is 0. The van der Waals surface area contributed by atoms with Gasteiger partial charge in [0.05, 0.1) is 6.26 Å². The molecule has 0 aromatic carbocycles. The van der Waals surface area contributed by atoms with Crippen LogP contribution in [0.2, 0.25) is 0 Å². The Morgan fingerprint density at radius 2 is 1.12 bits per heavy atom. The summed E-state index contributed by atoms with van der Waals surface area (Å²) in [5.74, 6) is 0. The van der Waals surface area contributed by atoms with Gasteiger partial charge in [0.15, 0.2) is 0 Å². The smallest absolute Gasteiger partial charge is 0.115 e. The van der Waals surface area contributed by atoms with Crippen LogP contribution < -0.4 is 0 Å². The van der Waals surface area contributed by atoms with E-state index in [0.717, 1.165) is 6.61 Å². The van der Waals surface area contributed by atoms with Gasteiger partial charge in [-0.05, 0) is 30.4 Å². The summed E-state index contributed by atoms with van der Waals surface area (Å²) in [6.45, 7) is 0.733. The molecule has 4 rings (SSSR count). The Morgan fingerprint density at radius 1 is 0.542 bits per heavy atom. The first-order valence-corrected chi connectivity index (χ1v) is 7.18. The van der Waals surface area contributed by atoms with E-state index in [1.807, 2.05) is 36.4 Å². The predicted octanol–water partition coefficient (Wildman–Crippen LogP) is 3.12. The summed E-state index contributed by atoms with van der Waals surface area (Å²) in [6.07, 6.45) is 22.4. The normalized spacial score (nSPS) is 10.3. The number of aromatic nitrogens is 5. The van der Waals surface area contributed by atoms with E-state index in [9.17, 15) is 0 Å². The Labute approximate surface area is 141 Å². The van der Waals surface area contributed by atoms with Crippen molar-refractivity contribution in [2.24, 2.45) is 0 Å². The number of allylic oxidation sites excluding steroid dienone is 2. The van der Waals surface area contributed by atoms with Crippen LogP contribution in [0.1, 0.15) is 0 Å². The van der Waals surface area contributed by atoms with E-state index in [1.165, 1.54) is 6.33 Å². The molecule has 0 saturated heterocycles. The Bertz CT molecular complexity index is 466. The molecule has 3 aromatic heterocycles. The Hall–Kier alpha value is -3.41. The van der Waals surface area contributed by atoms with Crippen molar-refractivity contribution in [3.63, 3.8) is 0 Å². The highest BCUT2D eigenvalue weighted by Crippen LogP contribution is 1.87. The lowest BCUT2D eigenvalue weighted by Crippen LogP contribution is -1.82. The van der Waals surface area contributed by atoms with Crippen LogP contribution in [-0.2, 0) is 4.74 Å². The van der Waals surface area contributed by atoms with Crippen molar-refractivity contribution in [3.8, 4) is 0 Å². The summed E-state index contributed by atoms with van der Waals surface area (Å²) in [5, 5.41) is 0. The highest BCUT2D eigenvalue weighted by atomic mass is 16.5. The zero-order valence-corrected chi connectivity index (χ0v) is 13.2. The SMILES string of the molecule is C1=CCOC=C1.c1ccncc1.c1cnccn1.c1cncnc1. The summed E-state index contributed by atoms with van der Waals surface area (Å²) < 4.78 is 4.80. The molecule has 6 nitrogen and oxygen atoms in total. The van der Waals surface area contributed by atoms with Crippen LogP contribution in [0.25, 0.3) is 0 Å². The maximum Gasteiger partial charge on any atom is 0.115 e. The van der Waals surface area contributed by atoms with Gasteiger partial charge < -0.3 is 4.74 Å². The lowest BCUT2D eigenvalue weighted by Gasteiger charge is -1.94. The third kappa shape index (κ3) is 13.6. The Balaban J connectivity index is 0.000000160. The van der Waals surface area contributed by atoms with E-state index in [0.29, 0.717) is 0 Å². The van der Waals surface area contributed by atoms with Crippen LogP contribution >= 0.6 is 0 Å². The van der Waals surface area contributed by atoms with Gasteiger partial charge in [-0.2, -0.15) is 0 Å². The molecule has 4 heterocycles. The molecule has 0 bridgehead atoms. The average molecular weight is 321 g/mol. The van der Waals surface area contributed by atoms with Gasteiger partial charge in [-0.25, -0.2) is 9.97 Å². The second-order valence-electron chi connectivity index (χ2n) is 3.91. The van der Waals surface area contributed by atoms with Gasteiger partial charge in [0.2, 0.25) is 0 Å². The number of ether oxygens (including phenoxy) is 1. The molecule has 0 amide bonds. The molecular formula is C18H19N5O. The summed E-state index contributed by atoms with van der Waals surface area (Å²) in [6, 6.07) is 7.49. The molecule has 0 unspecified atom stereocenters. The molecule has 0 N–H and O–H groups in total. The largest absolute Gasteiger partial charge is 0.497 e. The monoisotopic (exact) mass is 321 g/mol. The van der Waals surface area contributed by atoms with Gasteiger partial charge >= 0.3 is 0 Å². The van der Waals surface area contributed by atoms with Crippen molar-refractivity contribution in [1.29, 1.82) is 0 Å². The van der Waals surface area contributed by atoms with E-state index < -0.39 is 0 Å². The minimum atomic E-state index is 0.733. The van der Waals surface area contributed by atoms with Gasteiger partial charge in [0.1, 0.15) is 12.9 Å². The van der Waals surface area contributed by atoms with Crippen LogP contribution in [0.5, 0.6) is 0 Å². The van der Waals surface area contributed by atoms with Gasteiger partial charge in [-0.15, -0.1) is 0 Å². The molecule has 6 heteroatoms. The summed E-state index contributed by atoms with van der Waals surface area (Å²) >= 11 is 0. The molecule has 0 radical (unpaired) electrons. The van der Waals surface area contributed by atoms with Crippen molar-refractivity contribution in [1.82, 2.24) is 24.9 Å². The van der Waals surface area contributed by atoms with Crippen molar-refractivity contribution in [2.75, 3.05) is 6.61 Å². The molecule has 1 aliphatic heterocycles. The highest BCUT2D eigenvalue weighted by molar-refractivity contribution is 5.03. The maximum absolute atomic E-state index is 4.80. The van der Waals surface area contributed by atoms with Crippen molar-refractivity contribution >= 4 is 0 Å². The topological polar surface area (TPSA) is 73.7 Å². The quantitative estimate of drug-likeness (QED) is 0.633. The fraction of sp³-hybridized carbons (Fsp3) is 0.0556. The molecule has 0 spiro atoms. The van der Waals surface area contributed by atoms with Gasteiger partial charge in [-0.3, -0.25) is 15.0 Å². The second-order valence-corrected chi connectivity index (χ2v) is 3.91. The van der Waals surface area contributed by atoms with Gasteiger partial charge in [0.25, 0.3) is 0 Å². The van der Waals surface area contributed by atoms with E-state index >= 15 is 0 Å². The Kier molecular flexibility index (Phi) is 12.4. The molecule has 0 aliphatic carbocycles. The van der Waals surface area contributed by atoms with E-state index in [2.05, 4.69) is 24.9 Å². The van der Waals surface area contributed by atoms with Crippen molar-refractivity contribution in [2.45, 2.75) is 0 Å². The highest BCUT2D eigenvalue weighted by Gasteiger charge is 1.75. The summed E-state index contributed by atoms with van der Waals surface area (Å²) in [7, 11) is 0. The molecule has 0 atom stereocenters. The van der Waals surface area contributed by atoms with E-state index in [-0.39, 0.29) is 0 Å². The number of pyridine rings is 1. The van der Waals surface area contributed by atoms with Gasteiger partial charge in [0, 0.05) is 49.6 Å². The molecule has 122 valence electrons. The van der Waals surface area contributed by atoms with Crippen LogP contribution in [0.4, 0.5) is 0 Å². The third-order valence-corrected chi connectivity index (χ3v) is 2.14. The minimum Gasteiger partial charge on any atom is -0.497 e. The fourth-order valence-electron chi connectivity index (χ4n) is 1.17. The standard InChI is InChI=1S/C5H5N.C5H6O.2C4H4N2/c2*1-2-4-6-5-3-1;1-2-6-4-3-5-1;1-2-5-4-6-3-1/h1-5H;1-4H,5H2;2*1-4H. The molecule has 3 aromatic rings. The first-order chi connectivity index (χ1) is 12.0. The molecular weight excluding hydrogens is 302 g/mol. The van der Waals surface area contributed by atoms with E-state index in [4.69, 9.17) is 4.74 Å². The third-order valence-electron chi connectivity index (χ3n) is 2.14. The number of hydrogen-bond donors (Lipinski definition) is 0. The number of nitrogens with zero attached hydrogens (tertiary/aromatic N) is 5. The first-order valence-electron chi connectivity index (χ1n) is 7.18. The summed E-state index contributed by atoms with van der Waals surface area (Å²) in [4.78, 5) is 18.6. The molecule has 0 saturated carbocycles. The lowest BCUT2D eigenvalue weighted by atomic mass is 10.5. The lowest BCUT2D eigenvalue weighted by molar-refractivity contribution is 0.286. The first kappa shape index (κ1) is 18.6. The van der Waals surface area contributed by atoms with E-state index in [1.54, 1.807) is 61.9 Å². The Morgan fingerprint density at radius 3 is 1.29 bits per heavy atom. The molecule has 1 aliphatic rings. The van der Waals surface area contributed by atoms with Gasteiger partial charge in [-0.1, -0.05) is 12.1 Å². The maximum atomic E-state index is 4.80. The zero-order chi connectivity index (χ0) is 17.0. The zero-order valence-electron chi connectivity index (χ0n) is 13.2. The van der Waals surface area contributed by atoms with Crippen LogP contribution in [0.15, 0.2) is 105 Å². The minimum absolute atomic E-state index is 0.733. The average Bonchev–Trinajstić information content (AvgIpc) is 2.75. The van der Waals surface area contributed by atoms with Crippen LogP contribution in [0, 0.1) is 0 Å². The van der Waals surface area contributed by atoms with Crippen molar-refractivity contribution in [3.05, 3.63) is 105 Å². The second kappa shape index (κ2) is 16.0. The van der Waals surface area contributed by atoms with Crippen molar-refractivity contribution < 1.29 is 4.74 Å². The predicted molar refractivity (Wildman–Crippen MR) is 92.5 cm³/mol. The number of hydrogen-bond acceptors (Lipinski definition) is 6. The summed E-state index contributed by atoms with van der Waals surface area (Å²) in [5.41, 5.74) is 0. The molecule has 24 heavy (non-hydrogen) atoms. The van der Waals surface area contributed by atoms with Crippen LogP contribution in [0.3, 0.4) is 0 Å². The van der Waals surface area contributed by atoms with Crippen LogP contribution in [-0.4, -0.2) is 31.5 Å². The fourth-order valence-corrected chi connectivity index (χ4v) is 1.17. The molecule has 0 fully saturated rings.